The first-order chi connectivity index (χ1) is 12.6. The highest BCUT2D eigenvalue weighted by Crippen LogP contribution is 2.31. The van der Waals surface area contributed by atoms with Crippen LogP contribution in [0.1, 0.15) is 25.5 Å². The van der Waals surface area contributed by atoms with Crippen molar-refractivity contribution in [2.24, 2.45) is 11.1 Å². The van der Waals surface area contributed by atoms with Crippen molar-refractivity contribution in [2.75, 3.05) is 25.1 Å². The molecule has 2 heterocycles. The number of aromatic nitrogens is 2. The van der Waals surface area contributed by atoms with Crippen LogP contribution in [0.2, 0.25) is 0 Å². The van der Waals surface area contributed by atoms with Crippen molar-refractivity contribution in [1.82, 2.24) is 9.97 Å². The normalized spacial score (nSPS) is 16.2. The lowest BCUT2D eigenvalue weighted by atomic mass is 9.79. The number of benzene rings is 1. The number of ether oxygens (including phenoxy) is 1. The molecule has 7 heteroatoms. The third-order valence-corrected chi connectivity index (χ3v) is 4.87. The van der Waals surface area contributed by atoms with E-state index in [4.69, 9.17) is 10.5 Å². The smallest absolute Gasteiger partial charge is 0.251 e. The Balaban J connectivity index is 1.84. The van der Waals surface area contributed by atoms with Gasteiger partial charge in [-0.3, -0.25) is 9.59 Å². The highest BCUT2D eigenvalue weighted by atomic mass is 16.5. The first kappa shape index (κ1) is 18.3. The van der Waals surface area contributed by atoms with E-state index in [2.05, 4.69) is 15.3 Å². The van der Waals surface area contributed by atoms with Crippen molar-refractivity contribution < 1.29 is 9.53 Å². The van der Waals surface area contributed by atoms with Crippen LogP contribution in [0.5, 0.6) is 0 Å². The van der Waals surface area contributed by atoms with Crippen LogP contribution >= 0.6 is 0 Å². The molecule has 0 spiro atoms. The zero-order chi connectivity index (χ0) is 18.6. The number of aryl methyl sites for hydroxylation is 1. The fourth-order valence-electron chi connectivity index (χ4n) is 3.12. The topological polar surface area (TPSA) is 110 Å². The minimum Gasteiger partial charge on any atom is -0.381 e. The summed E-state index contributed by atoms with van der Waals surface area (Å²) in [6.45, 7) is 3.32. The van der Waals surface area contributed by atoms with Gasteiger partial charge in [-0.25, -0.2) is 4.98 Å². The second kappa shape index (κ2) is 7.80. The maximum Gasteiger partial charge on any atom is 0.251 e. The Morgan fingerprint density at radius 3 is 2.81 bits per heavy atom. The van der Waals surface area contributed by atoms with Crippen LogP contribution in [-0.4, -0.2) is 35.6 Å². The molecule has 1 amide bonds. The molecule has 0 saturated carbocycles. The minimum absolute atomic E-state index is 0.0933. The van der Waals surface area contributed by atoms with Gasteiger partial charge in [0.25, 0.3) is 5.56 Å². The van der Waals surface area contributed by atoms with Gasteiger partial charge < -0.3 is 20.8 Å². The molecular weight excluding hydrogens is 332 g/mol. The number of hydrogen-bond donors (Lipinski definition) is 3. The molecule has 0 bridgehead atoms. The maximum absolute atomic E-state index is 12.8. The monoisotopic (exact) mass is 356 g/mol. The van der Waals surface area contributed by atoms with Gasteiger partial charge in [0.05, 0.1) is 5.41 Å². The Hall–Kier alpha value is -2.51. The quantitative estimate of drug-likeness (QED) is 0.755. The summed E-state index contributed by atoms with van der Waals surface area (Å²) >= 11 is 0. The number of H-pyrrole nitrogens is 1. The zero-order valence-corrected chi connectivity index (χ0v) is 14.9. The standard InChI is InChI=1S/C19H24N4O3/c1-2-14-11-16(24)23-17(21-14)13-4-3-5-15(10-13)22-18(25)19(12-20)6-8-26-9-7-19/h3-5,10-11H,2,6-9,12,20H2,1H3,(H,22,25)(H,21,23,24). The van der Waals surface area contributed by atoms with Gasteiger partial charge in [-0.05, 0) is 31.4 Å². The Kier molecular flexibility index (Phi) is 5.49. The van der Waals surface area contributed by atoms with Gasteiger partial charge in [-0.15, -0.1) is 0 Å². The van der Waals surface area contributed by atoms with Gasteiger partial charge in [0.1, 0.15) is 5.82 Å². The average molecular weight is 356 g/mol. The van der Waals surface area contributed by atoms with E-state index in [0.29, 0.717) is 44.0 Å². The van der Waals surface area contributed by atoms with Crippen molar-refractivity contribution in [3.05, 3.63) is 46.4 Å². The summed E-state index contributed by atoms with van der Waals surface area (Å²) in [5.41, 5.74) is 7.23. The van der Waals surface area contributed by atoms with Crippen LogP contribution in [0.15, 0.2) is 35.1 Å². The van der Waals surface area contributed by atoms with Crippen molar-refractivity contribution in [3.63, 3.8) is 0 Å². The SMILES string of the molecule is CCc1cc(=O)[nH]c(-c2cccc(NC(=O)C3(CN)CCOCC3)c2)n1. The summed E-state index contributed by atoms with van der Waals surface area (Å²) in [6, 6.07) is 8.78. The van der Waals surface area contributed by atoms with Gasteiger partial charge in [0.2, 0.25) is 5.91 Å². The Morgan fingerprint density at radius 2 is 2.12 bits per heavy atom. The number of amides is 1. The second-order valence-corrected chi connectivity index (χ2v) is 6.57. The van der Waals surface area contributed by atoms with Crippen LogP contribution in [0.25, 0.3) is 11.4 Å². The lowest BCUT2D eigenvalue weighted by Gasteiger charge is -2.34. The van der Waals surface area contributed by atoms with Crippen molar-refractivity contribution in [1.29, 1.82) is 0 Å². The molecule has 0 unspecified atom stereocenters. The molecular formula is C19H24N4O3. The summed E-state index contributed by atoms with van der Waals surface area (Å²) in [5.74, 6) is 0.397. The predicted molar refractivity (Wildman–Crippen MR) is 99.8 cm³/mol. The summed E-state index contributed by atoms with van der Waals surface area (Å²) in [5, 5.41) is 2.96. The molecule has 138 valence electrons. The molecule has 1 fully saturated rings. The lowest BCUT2D eigenvalue weighted by Crippen LogP contribution is -2.46. The first-order valence-electron chi connectivity index (χ1n) is 8.86. The molecule has 2 aromatic rings. The fourth-order valence-corrected chi connectivity index (χ4v) is 3.12. The van der Waals surface area contributed by atoms with Crippen LogP contribution in [-0.2, 0) is 16.0 Å². The molecule has 1 aromatic carbocycles. The van der Waals surface area contributed by atoms with E-state index < -0.39 is 5.41 Å². The number of rotatable bonds is 5. The Bertz CT molecular complexity index is 841. The number of nitrogens with one attached hydrogen (secondary N) is 2. The molecule has 0 atom stereocenters. The fraction of sp³-hybridized carbons (Fsp3) is 0.421. The van der Waals surface area contributed by atoms with E-state index >= 15 is 0 Å². The number of carbonyl (C=O) groups excluding carboxylic acids is 1. The summed E-state index contributed by atoms with van der Waals surface area (Å²) in [4.78, 5) is 31.8. The van der Waals surface area contributed by atoms with Gasteiger partial charge in [0.15, 0.2) is 0 Å². The van der Waals surface area contributed by atoms with E-state index in [0.717, 1.165) is 11.3 Å². The number of anilines is 1. The molecule has 0 aliphatic carbocycles. The number of carbonyl (C=O) groups is 1. The van der Waals surface area contributed by atoms with E-state index in [-0.39, 0.29) is 18.0 Å². The summed E-state index contributed by atoms with van der Waals surface area (Å²) < 4.78 is 5.36. The lowest BCUT2D eigenvalue weighted by molar-refractivity contribution is -0.130. The molecule has 0 radical (unpaired) electrons. The van der Waals surface area contributed by atoms with Gasteiger partial charge in [0, 0.05) is 42.8 Å². The highest BCUT2D eigenvalue weighted by Gasteiger charge is 2.38. The van der Waals surface area contributed by atoms with Crippen molar-refractivity contribution >= 4 is 11.6 Å². The zero-order valence-electron chi connectivity index (χ0n) is 14.9. The van der Waals surface area contributed by atoms with Crippen molar-refractivity contribution in [3.8, 4) is 11.4 Å². The number of aromatic amines is 1. The van der Waals surface area contributed by atoms with Gasteiger partial charge >= 0.3 is 0 Å². The van der Waals surface area contributed by atoms with E-state index in [9.17, 15) is 9.59 Å². The van der Waals surface area contributed by atoms with Crippen LogP contribution in [0.3, 0.4) is 0 Å². The van der Waals surface area contributed by atoms with E-state index in [1.165, 1.54) is 6.07 Å². The third kappa shape index (κ3) is 3.84. The van der Waals surface area contributed by atoms with Gasteiger partial charge in [-0.2, -0.15) is 0 Å². The molecule has 26 heavy (non-hydrogen) atoms. The Labute approximate surface area is 152 Å². The number of nitrogens with two attached hydrogens (primary N) is 1. The second-order valence-electron chi connectivity index (χ2n) is 6.57. The molecule has 3 rings (SSSR count). The van der Waals surface area contributed by atoms with Crippen LogP contribution < -0.4 is 16.6 Å². The van der Waals surface area contributed by atoms with E-state index in [1.807, 2.05) is 25.1 Å². The predicted octanol–water partition coefficient (Wildman–Crippen LogP) is 1.69. The van der Waals surface area contributed by atoms with Crippen LogP contribution in [0, 0.1) is 5.41 Å². The molecule has 7 nitrogen and oxygen atoms in total. The molecule has 1 aromatic heterocycles. The summed E-state index contributed by atoms with van der Waals surface area (Å²) in [7, 11) is 0. The summed E-state index contributed by atoms with van der Waals surface area (Å²) in [6.07, 6.45) is 1.90. The molecule has 1 aliphatic rings. The van der Waals surface area contributed by atoms with Crippen molar-refractivity contribution in [2.45, 2.75) is 26.2 Å². The Morgan fingerprint density at radius 1 is 1.35 bits per heavy atom. The maximum atomic E-state index is 12.8. The molecule has 4 N–H and O–H groups in total. The largest absolute Gasteiger partial charge is 0.381 e. The average Bonchev–Trinajstić information content (AvgIpc) is 2.68. The number of nitrogens with zero attached hydrogens (tertiary/aromatic N) is 1. The van der Waals surface area contributed by atoms with E-state index in [1.54, 1.807) is 6.07 Å². The molecule has 1 saturated heterocycles. The minimum atomic E-state index is -0.594. The third-order valence-electron chi connectivity index (χ3n) is 4.87. The first-order valence-corrected chi connectivity index (χ1v) is 8.86. The number of hydrogen-bond acceptors (Lipinski definition) is 5. The van der Waals surface area contributed by atoms with Gasteiger partial charge in [-0.1, -0.05) is 19.1 Å². The van der Waals surface area contributed by atoms with Crippen LogP contribution in [0.4, 0.5) is 5.69 Å². The molecule has 1 aliphatic heterocycles. The highest BCUT2D eigenvalue weighted by molar-refractivity contribution is 5.96.